The van der Waals surface area contributed by atoms with Crippen LogP contribution in [0.5, 0.6) is 11.5 Å². The molecule has 0 bridgehead atoms. The lowest BCUT2D eigenvalue weighted by molar-refractivity contribution is 0.0556. The van der Waals surface area contributed by atoms with Gasteiger partial charge >= 0.3 is 0 Å². The van der Waals surface area contributed by atoms with Gasteiger partial charge in [-0.25, -0.2) is 0 Å². The number of rotatable bonds is 5. The standard InChI is InChI=1S/C18H21N3O3/c1-23-17-7-3-2-6-16(17)18(22)21-10-9-20-11-14(21)13-24-15-5-4-8-19-12-15/h2-8,12,14,20H,9-11,13H2,1H3. The number of aromatic nitrogens is 1. The van der Waals surface area contributed by atoms with E-state index in [2.05, 4.69) is 10.3 Å². The molecule has 6 heteroatoms. The van der Waals surface area contributed by atoms with E-state index in [0.717, 1.165) is 6.54 Å². The molecule has 6 nitrogen and oxygen atoms in total. The number of hydrogen-bond acceptors (Lipinski definition) is 5. The number of nitrogens with one attached hydrogen (secondary N) is 1. The summed E-state index contributed by atoms with van der Waals surface area (Å²) in [6, 6.07) is 10.9. The third-order valence-corrected chi connectivity index (χ3v) is 4.03. The highest BCUT2D eigenvalue weighted by molar-refractivity contribution is 5.97. The Labute approximate surface area is 141 Å². The minimum absolute atomic E-state index is 0.0336. The molecule has 1 aromatic heterocycles. The van der Waals surface area contributed by atoms with Crippen LogP contribution in [0.3, 0.4) is 0 Å². The van der Waals surface area contributed by atoms with Gasteiger partial charge in [0.15, 0.2) is 0 Å². The van der Waals surface area contributed by atoms with Gasteiger partial charge in [0.05, 0.1) is 24.9 Å². The highest BCUT2D eigenvalue weighted by Crippen LogP contribution is 2.21. The SMILES string of the molecule is COc1ccccc1C(=O)N1CCNCC1COc1cccnc1. The number of carbonyl (C=O) groups is 1. The molecule has 1 atom stereocenters. The van der Waals surface area contributed by atoms with E-state index in [-0.39, 0.29) is 11.9 Å². The summed E-state index contributed by atoms with van der Waals surface area (Å²) in [5, 5.41) is 3.32. The van der Waals surface area contributed by atoms with Gasteiger partial charge < -0.3 is 19.7 Å². The summed E-state index contributed by atoms with van der Waals surface area (Å²) in [5.41, 5.74) is 0.577. The van der Waals surface area contributed by atoms with Crippen LogP contribution < -0.4 is 14.8 Å². The van der Waals surface area contributed by atoms with Gasteiger partial charge in [-0.3, -0.25) is 9.78 Å². The summed E-state index contributed by atoms with van der Waals surface area (Å²) in [5.74, 6) is 1.26. The topological polar surface area (TPSA) is 63.7 Å². The Kier molecular flexibility index (Phi) is 5.28. The Morgan fingerprint density at radius 2 is 2.21 bits per heavy atom. The number of amides is 1. The smallest absolute Gasteiger partial charge is 0.258 e. The van der Waals surface area contributed by atoms with Crippen LogP contribution >= 0.6 is 0 Å². The average molecular weight is 327 g/mol. The number of methoxy groups -OCH3 is 1. The third kappa shape index (κ3) is 3.65. The normalized spacial score (nSPS) is 17.4. The van der Waals surface area contributed by atoms with Crippen LogP contribution in [0.1, 0.15) is 10.4 Å². The minimum Gasteiger partial charge on any atom is -0.496 e. The molecule has 1 unspecified atom stereocenters. The molecule has 1 amide bonds. The van der Waals surface area contributed by atoms with Gasteiger partial charge in [-0.2, -0.15) is 0 Å². The first-order chi connectivity index (χ1) is 11.8. The van der Waals surface area contributed by atoms with E-state index in [0.29, 0.717) is 36.8 Å². The highest BCUT2D eigenvalue weighted by atomic mass is 16.5. The Morgan fingerprint density at radius 1 is 1.33 bits per heavy atom. The van der Waals surface area contributed by atoms with Crippen LogP contribution in [-0.2, 0) is 0 Å². The number of piperazine rings is 1. The van der Waals surface area contributed by atoms with Crippen molar-refractivity contribution in [1.82, 2.24) is 15.2 Å². The van der Waals surface area contributed by atoms with Gasteiger partial charge in [0.1, 0.15) is 18.1 Å². The van der Waals surface area contributed by atoms with Crippen molar-refractivity contribution in [3.63, 3.8) is 0 Å². The molecule has 0 radical (unpaired) electrons. The van der Waals surface area contributed by atoms with Gasteiger partial charge in [-0.05, 0) is 24.3 Å². The monoisotopic (exact) mass is 327 g/mol. The lowest BCUT2D eigenvalue weighted by atomic mass is 10.1. The van der Waals surface area contributed by atoms with E-state index in [1.807, 2.05) is 29.2 Å². The molecule has 1 aliphatic heterocycles. The van der Waals surface area contributed by atoms with Crippen molar-refractivity contribution in [3.05, 3.63) is 54.4 Å². The quantitative estimate of drug-likeness (QED) is 0.903. The zero-order chi connectivity index (χ0) is 16.8. The van der Waals surface area contributed by atoms with Crippen molar-refractivity contribution in [1.29, 1.82) is 0 Å². The van der Waals surface area contributed by atoms with Crippen LogP contribution in [0.2, 0.25) is 0 Å². The maximum atomic E-state index is 13.0. The van der Waals surface area contributed by atoms with Gasteiger partial charge in [-0.15, -0.1) is 0 Å². The Balaban J connectivity index is 1.73. The number of ether oxygens (including phenoxy) is 2. The zero-order valence-electron chi connectivity index (χ0n) is 13.6. The molecule has 1 fully saturated rings. The molecule has 2 aromatic rings. The van der Waals surface area contributed by atoms with Gasteiger partial charge in [0, 0.05) is 25.8 Å². The average Bonchev–Trinajstić information content (AvgIpc) is 2.67. The van der Waals surface area contributed by atoms with Gasteiger partial charge in [0.25, 0.3) is 5.91 Å². The molecule has 1 aromatic carbocycles. The third-order valence-electron chi connectivity index (χ3n) is 4.03. The maximum Gasteiger partial charge on any atom is 0.258 e. The van der Waals surface area contributed by atoms with Crippen molar-refractivity contribution in [3.8, 4) is 11.5 Å². The fourth-order valence-electron chi connectivity index (χ4n) is 2.78. The zero-order valence-corrected chi connectivity index (χ0v) is 13.6. The van der Waals surface area contributed by atoms with Crippen molar-refractivity contribution < 1.29 is 14.3 Å². The molecule has 2 heterocycles. The largest absolute Gasteiger partial charge is 0.496 e. The number of para-hydroxylation sites is 1. The molecule has 1 saturated heterocycles. The van der Waals surface area contributed by atoms with Gasteiger partial charge in [0.2, 0.25) is 0 Å². The molecule has 0 aliphatic carbocycles. The first-order valence-corrected chi connectivity index (χ1v) is 7.97. The van der Waals surface area contributed by atoms with Crippen molar-refractivity contribution in [2.45, 2.75) is 6.04 Å². The highest BCUT2D eigenvalue weighted by Gasteiger charge is 2.29. The molecule has 3 rings (SSSR count). The summed E-state index contributed by atoms with van der Waals surface area (Å²) in [4.78, 5) is 18.8. The molecule has 0 spiro atoms. The number of carbonyl (C=O) groups excluding carboxylic acids is 1. The van der Waals surface area contributed by atoms with Gasteiger partial charge in [-0.1, -0.05) is 12.1 Å². The second-order valence-electron chi connectivity index (χ2n) is 5.56. The summed E-state index contributed by atoms with van der Waals surface area (Å²) in [6.07, 6.45) is 3.37. The van der Waals surface area contributed by atoms with Crippen molar-refractivity contribution >= 4 is 5.91 Å². The number of benzene rings is 1. The fourth-order valence-corrected chi connectivity index (χ4v) is 2.78. The first kappa shape index (κ1) is 16.3. The van der Waals surface area contributed by atoms with Crippen LogP contribution in [0, 0.1) is 0 Å². The number of nitrogens with zero attached hydrogens (tertiary/aromatic N) is 2. The Morgan fingerprint density at radius 3 is 3.00 bits per heavy atom. The van der Waals surface area contributed by atoms with Crippen LogP contribution in [0.25, 0.3) is 0 Å². The molecule has 126 valence electrons. The molecular weight excluding hydrogens is 306 g/mol. The summed E-state index contributed by atoms with van der Waals surface area (Å²) in [7, 11) is 1.58. The van der Waals surface area contributed by atoms with Crippen LogP contribution in [-0.4, -0.2) is 55.2 Å². The lowest BCUT2D eigenvalue weighted by Gasteiger charge is -2.36. The van der Waals surface area contributed by atoms with Crippen LogP contribution in [0.4, 0.5) is 0 Å². The molecule has 24 heavy (non-hydrogen) atoms. The molecular formula is C18H21N3O3. The Bertz CT molecular complexity index is 678. The van der Waals surface area contributed by atoms with E-state index in [1.165, 1.54) is 0 Å². The van der Waals surface area contributed by atoms with Crippen LogP contribution in [0.15, 0.2) is 48.8 Å². The first-order valence-electron chi connectivity index (χ1n) is 7.97. The lowest BCUT2D eigenvalue weighted by Crippen LogP contribution is -2.55. The maximum absolute atomic E-state index is 13.0. The fraction of sp³-hybridized carbons (Fsp3) is 0.333. The van der Waals surface area contributed by atoms with Crippen molar-refractivity contribution in [2.75, 3.05) is 33.4 Å². The summed E-state index contributed by atoms with van der Waals surface area (Å²) >= 11 is 0. The predicted octanol–water partition coefficient (Wildman–Crippen LogP) is 1.58. The predicted molar refractivity (Wildman–Crippen MR) is 90.4 cm³/mol. The van der Waals surface area contributed by atoms with E-state index in [9.17, 15) is 4.79 Å². The van der Waals surface area contributed by atoms with E-state index < -0.39 is 0 Å². The second-order valence-corrected chi connectivity index (χ2v) is 5.56. The van der Waals surface area contributed by atoms with E-state index in [1.54, 1.807) is 31.6 Å². The number of hydrogen-bond donors (Lipinski definition) is 1. The molecule has 1 aliphatic rings. The second kappa shape index (κ2) is 7.79. The van der Waals surface area contributed by atoms with E-state index in [4.69, 9.17) is 9.47 Å². The summed E-state index contributed by atoms with van der Waals surface area (Å²) in [6.45, 7) is 2.52. The van der Waals surface area contributed by atoms with E-state index >= 15 is 0 Å². The minimum atomic E-state index is -0.0450. The summed E-state index contributed by atoms with van der Waals surface area (Å²) < 4.78 is 11.1. The molecule has 0 saturated carbocycles. The number of pyridine rings is 1. The van der Waals surface area contributed by atoms with Crippen molar-refractivity contribution in [2.24, 2.45) is 0 Å². The molecule has 1 N–H and O–H groups in total. The Hall–Kier alpha value is -2.60.